The number of rotatable bonds is 6. The van der Waals surface area contributed by atoms with E-state index < -0.39 is 21.5 Å². The second kappa shape index (κ2) is 13.0. The van der Waals surface area contributed by atoms with Crippen LogP contribution in [0.2, 0.25) is 0 Å². The maximum Gasteiger partial charge on any atom is 0.154 e. The quantitative estimate of drug-likeness (QED) is 0.348. The minimum Gasteiger partial charge on any atom is -0.455 e. The summed E-state index contributed by atoms with van der Waals surface area (Å²) in [5, 5.41) is 10.2. The summed E-state index contributed by atoms with van der Waals surface area (Å²) >= 11 is 0. The van der Waals surface area contributed by atoms with E-state index in [0.717, 1.165) is 19.4 Å². The largest absolute Gasteiger partial charge is 0.455 e. The summed E-state index contributed by atoms with van der Waals surface area (Å²) in [4.78, 5) is 23.1. The Labute approximate surface area is 213 Å². The van der Waals surface area contributed by atoms with Crippen molar-refractivity contribution in [2.75, 3.05) is 27.5 Å². The molecule has 4 rings (SSSR count). The average molecular weight is 532 g/mol. The van der Waals surface area contributed by atoms with E-state index in [1.165, 1.54) is 42.5 Å². The number of aliphatic hydroxyl groups is 1. The van der Waals surface area contributed by atoms with Crippen LogP contribution in [-0.4, -0.2) is 53.6 Å². The monoisotopic (exact) mass is 531 g/mol. The summed E-state index contributed by atoms with van der Waals surface area (Å²) in [5.74, 6) is -1.28. The van der Waals surface area contributed by atoms with Gasteiger partial charge in [0.1, 0.15) is 23.0 Å². The maximum absolute atomic E-state index is 13.8. The van der Waals surface area contributed by atoms with Gasteiger partial charge in [0.15, 0.2) is 22.4 Å². The predicted octanol–water partition coefficient (Wildman–Crippen LogP) is 4.66. The molecule has 0 aliphatic heterocycles. The topological polar surface area (TPSA) is 114 Å². The van der Waals surface area contributed by atoms with Crippen LogP contribution in [0.4, 0.5) is 8.78 Å². The van der Waals surface area contributed by atoms with Gasteiger partial charge in [-0.3, -0.25) is 9.59 Å². The van der Waals surface area contributed by atoms with Crippen molar-refractivity contribution in [2.24, 2.45) is 0 Å². The van der Waals surface area contributed by atoms with E-state index in [4.69, 9.17) is 9.52 Å². The third-order valence-corrected chi connectivity index (χ3v) is 5.86. The van der Waals surface area contributed by atoms with Gasteiger partial charge in [-0.1, -0.05) is 6.07 Å². The third-order valence-electron chi connectivity index (χ3n) is 5.03. The molecule has 0 aliphatic carbocycles. The zero-order chi connectivity index (χ0) is 27.8. The second-order valence-electron chi connectivity index (χ2n) is 7.90. The lowest BCUT2D eigenvalue weighted by Gasteiger charge is -2.11. The highest BCUT2D eigenvalue weighted by molar-refractivity contribution is 7.89. The number of fused-ring (bicyclic) bond motifs is 1. The first-order valence-corrected chi connectivity index (χ1v) is 12.9. The highest BCUT2D eigenvalue weighted by atomic mass is 32.2. The van der Waals surface area contributed by atoms with Gasteiger partial charge < -0.3 is 14.8 Å². The summed E-state index contributed by atoms with van der Waals surface area (Å²) in [6, 6.07) is 12.4. The molecule has 7 nitrogen and oxygen atoms in total. The molecule has 10 heteroatoms. The van der Waals surface area contributed by atoms with Crippen molar-refractivity contribution >= 4 is 33.4 Å². The fraction of sp³-hybridized carbons (Fsp3) is 0.185. The van der Waals surface area contributed by atoms with Crippen molar-refractivity contribution in [1.29, 1.82) is 0 Å². The van der Waals surface area contributed by atoms with Crippen molar-refractivity contribution in [3.8, 4) is 22.5 Å². The Kier molecular flexibility index (Phi) is 10.4. The molecule has 37 heavy (non-hydrogen) atoms. The van der Waals surface area contributed by atoms with E-state index >= 15 is 0 Å². The van der Waals surface area contributed by atoms with Crippen LogP contribution in [-0.2, 0) is 15.6 Å². The fourth-order valence-electron chi connectivity index (χ4n) is 3.61. The van der Waals surface area contributed by atoms with E-state index in [9.17, 15) is 26.8 Å². The molecule has 2 N–H and O–H groups in total. The predicted molar refractivity (Wildman–Crippen MR) is 139 cm³/mol. The van der Waals surface area contributed by atoms with E-state index in [2.05, 4.69) is 5.32 Å². The number of carbonyl (C=O) groups excluding carboxylic acids is 2. The van der Waals surface area contributed by atoms with Gasteiger partial charge >= 0.3 is 0 Å². The number of hydrogen-bond donors (Lipinski definition) is 2. The van der Waals surface area contributed by atoms with Gasteiger partial charge in [-0.05, 0) is 79.3 Å². The molecular formula is C27H27F2NO6S. The van der Waals surface area contributed by atoms with Gasteiger partial charge in [0, 0.05) is 24.3 Å². The summed E-state index contributed by atoms with van der Waals surface area (Å²) in [6.07, 6.45) is 2.05. The molecule has 4 aromatic rings. The molecule has 196 valence electrons. The Hall–Kier alpha value is -3.73. The van der Waals surface area contributed by atoms with Crippen molar-refractivity contribution in [1.82, 2.24) is 5.32 Å². The Balaban J connectivity index is 0.000000898. The highest BCUT2D eigenvalue weighted by Crippen LogP contribution is 2.38. The lowest BCUT2D eigenvalue weighted by atomic mass is 9.96. The smallest absolute Gasteiger partial charge is 0.154 e. The molecule has 0 spiro atoms. The van der Waals surface area contributed by atoms with Crippen LogP contribution in [0.1, 0.15) is 26.3 Å². The zero-order valence-corrected chi connectivity index (χ0v) is 21.5. The van der Waals surface area contributed by atoms with Crippen molar-refractivity contribution in [3.63, 3.8) is 0 Å². The van der Waals surface area contributed by atoms with E-state index in [-0.39, 0.29) is 28.2 Å². The van der Waals surface area contributed by atoms with Crippen LogP contribution in [0, 0.1) is 11.6 Å². The Morgan fingerprint density at radius 3 is 2.05 bits per heavy atom. The molecular weight excluding hydrogens is 504 g/mol. The number of sulfone groups is 1. The molecule has 0 atom stereocenters. The van der Waals surface area contributed by atoms with Crippen LogP contribution < -0.4 is 5.32 Å². The molecule has 0 saturated carbocycles. The van der Waals surface area contributed by atoms with Gasteiger partial charge in [0.05, 0.1) is 16.9 Å². The van der Waals surface area contributed by atoms with Gasteiger partial charge in [-0.2, -0.15) is 0 Å². The first-order valence-electron chi connectivity index (χ1n) is 10.9. The molecule has 0 radical (unpaired) electrons. The molecule has 0 aliphatic rings. The number of nitrogens with one attached hydrogen (secondary N) is 1. The van der Waals surface area contributed by atoms with Gasteiger partial charge in [0.25, 0.3) is 0 Å². The molecule has 0 amide bonds. The van der Waals surface area contributed by atoms with E-state index in [0.29, 0.717) is 40.2 Å². The summed E-state index contributed by atoms with van der Waals surface area (Å²) in [5.41, 5.74) is 1.96. The Morgan fingerprint density at radius 1 is 0.919 bits per heavy atom. The minimum atomic E-state index is -3.46. The van der Waals surface area contributed by atoms with E-state index in [1.54, 1.807) is 6.07 Å². The van der Waals surface area contributed by atoms with Crippen molar-refractivity contribution < 1.29 is 36.3 Å². The lowest BCUT2D eigenvalue weighted by molar-refractivity contribution is 0.111. The van der Waals surface area contributed by atoms with Gasteiger partial charge in [-0.15, -0.1) is 0 Å². The summed E-state index contributed by atoms with van der Waals surface area (Å²) in [6.45, 7) is 0. The van der Waals surface area contributed by atoms with Crippen molar-refractivity contribution in [2.45, 2.75) is 5.75 Å². The fourth-order valence-corrected chi connectivity index (χ4v) is 4.41. The number of aliphatic hydroxyl groups excluding tert-OH is 1. The molecule has 0 bridgehead atoms. The molecule has 0 unspecified atom stereocenters. The summed E-state index contributed by atoms with van der Waals surface area (Å²) in [7, 11) is 1.29. The first-order chi connectivity index (χ1) is 17.6. The third kappa shape index (κ3) is 7.16. The number of aldehydes is 2. The number of furan rings is 1. The molecule has 0 saturated heterocycles. The highest BCUT2D eigenvalue weighted by Gasteiger charge is 2.20. The average Bonchev–Trinajstić information content (AvgIpc) is 3.22. The van der Waals surface area contributed by atoms with Crippen LogP contribution in [0.3, 0.4) is 0 Å². The minimum absolute atomic E-state index is 0.178. The normalized spacial score (nSPS) is 10.7. The number of hydrogen-bond acceptors (Lipinski definition) is 7. The van der Waals surface area contributed by atoms with Crippen LogP contribution >= 0.6 is 0 Å². The van der Waals surface area contributed by atoms with E-state index in [1.807, 2.05) is 14.1 Å². The summed E-state index contributed by atoms with van der Waals surface area (Å²) < 4.78 is 57.1. The van der Waals surface area contributed by atoms with Crippen LogP contribution in [0.15, 0.2) is 59.0 Å². The zero-order valence-electron chi connectivity index (χ0n) is 20.7. The molecule has 1 heterocycles. The molecule has 0 fully saturated rings. The number of halogens is 2. The number of benzene rings is 3. The van der Waals surface area contributed by atoms with Crippen LogP contribution in [0.25, 0.3) is 33.4 Å². The van der Waals surface area contributed by atoms with Gasteiger partial charge in [-0.25, -0.2) is 17.2 Å². The van der Waals surface area contributed by atoms with Crippen molar-refractivity contribution in [3.05, 3.63) is 82.9 Å². The van der Waals surface area contributed by atoms with Gasteiger partial charge in [0.2, 0.25) is 0 Å². The Bertz CT molecular complexity index is 1500. The molecule has 1 aromatic heterocycles. The maximum atomic E-state index is 13.8. The Morgan fingerprint density at radius 2 is 1.51 bits per heavy atom. The first kappa shape index (κ1) is 29.5. The molecule has 3 aromatic carbocycles. The second-order valence-corrected chi connectivity index (χ2v) is 10.0. The number of carbonyl (C=O) groups is 2. The lowest BCUT2D eigenvalue weighted by Crippen LogP contribution is -2.03. The standard InChI is InChI=1S/C24H16F2O5S.C2H7N.CH4O/c1-32(29,30)13-17-9-23-20(10-19(17)15-4-7-22(26)16(8-15)11-27)21(12-28)24(31-23)14-2-5-18(25)6-3-14;1-3-2;1-2/h2-12H,13H2,1H3;3H,1-2H3;2H,1H3. The SMILES string of the molecule is CNC.CO.CS(=O)(=O)Cc1cc2oc(-c3ccc(F)cc3)c(C=O)c2cc1-c1ccc(F)c(C=O)c1. The van der Waals surface area contributed by atoms with Crippen LogP contribution in [0.5, 0.6) is 0 Å².